The zero-order valence-electron chi connectivity index (χ0n) is 13.6. The van der Waals surface area contributed by atoms with E-state index in [0.717, 1.165) is 10.9 Å². The van der Waals surface area contributed by atoms with Gasteiger partial charge in [-0.25, -0.2) is 0 Å². The van der Waals surface area contributed by atoms with Crippen molar-refractivity contribution in [3.63, 3.8) is 0 Å². The fourth-order valence-electron chi connectivity index (χ4n) is 2.30. The molecule has 2 aromatic carbocycles. The smallest absolute Gasteiger partial charge is 0.314 e. The van der Waals surface area contributed by atoms with Crippen LogP contribution in [0, 0.1) is 0 Å². The van der Waals surface area contributed by atoms with Crippen LogP contribution in [0.5, 0.6) is 11.5 Å². The number of aromatic amines is 1. The van der Waals surface area contributed by atoms with Gasteiger partial charge in [0.2, 0.25) is 0 Å². The molecule has 0 atom stereocenters. The molecule has 0 saturated carbocycles. The minimum Gasteiger partial charge on any atom is -0.493 e. The Kier molecular flexibility index (Phi) is 4.51. The van der Waals surface area contributed by atoms with E-state index in [1.807, 2.05) is 0 Å². The van der Waals surface area contributed by atoms with Crippen molar-refractivity contribution in [2.45, 2.75) is 0 Å². The summed E-state index contributed by atoms with van der Waals surface area (Å²) in [6.07, 6.45) is 1.67. The number of methoxy groups -OCH3 is 2. The standard InChI is InChI=1S/C17H16N4O4/c1-24-14-6-5-12(8-15(14)25-2)20-17(23)16(22)19-11-4-3-10-9-18-21-13(10)7-11/h3-9H,1-2H3,(H,18,21)(H,19,22)(H,20,23). The van der Waals surface area contributed by atoms with E-state index in [0.29, 0.717) is 22.9 Å². The fraction of sp³-hybridized carbons (Fsp3) is 0.118. The second kappa shape index (κ2) is 6.91. The van der Waals surface area contributed by atoms with E-state index in [1.54, 1.807) is 42.6 Å². The van der Waals surface area contributed by atoms with E-state index < -0.39 is 11.8 Å². The molecule has 128 valence electrons. The third-order valence-corrected chi connectivity index (χ3v) is 3.55. The Bertz CT molecular complexity index is 935. The molecule has 0 aliphatic carbocycles. The summed E-state index contributed by atoms with van der Waals surface area (Å²) in [6.45, 7) is 0. The van der Waals surface area contributed by atoms with Gasteiger partial charge in [-0.1, -0.05) is 0 Å². The van der Waals surface area contributed by atoms with Gasteiger partial charge in [0.25, 0.3) is 0 Å². The molecule has 2 amide bonds. The molecule has 0 unspecified atom stereocenters. The Morgan fingerprint density at radius 1 is 0.920 bits per heavy atom. The van der Waals surface area contributed by atoms with Gasteiger partial charge in [-0.05, 0) is 30.3 Å². The second-order valence-corrected chi connectivity index (χ2v) is 5.15. The summed E-state index contributed by atoms with van der Waals surface area (Å²) in [5.74, 6) is -0.603. The number of nitrogens with zero attached hydrogens (tertiary/aromatic N) is 1. The van der Waals surface area contributed by atoms with Crippen LogP contribution in [0.4, 0.5) is 11.4 Å². The molecule has 3 rings (SSSR count). The summed E-state index contributed by atoms with van der Waals surface area (Å²) in [6, 6.07) is 10.0. The van der Waals surface area contributed by atoms with Crippen molar-refractivity contribution in [2.75, 3.05) is 24.9 Å². The molecule has 0 aliphatic heterocycles. The molecule has 3 N–H and O–H groups in total. The molecule has 3 aromatic rings. The van der Waals surface area contributed by atoms with Crippen LogP contribution in [0.25, 0.3) is 10.9 Å². The lowest BCUT2D eigenvalue weighted by Crippen LogP contribution is -2.29. The lowest BCUT2D eigenvalue weighted by Gasteiger charge is -2.10. The van der Waals surface area contributed by atoms with E-state index >= 15 is 0 Å². The van der Waals surface area contributed by atoms with Gasteiger partial charge in [0.1, 0.15) is 0 Å². The summed E-state index contributed by atoms with van der Waals surface area (Å²) < 4.78 is 10.3. The third kappa shape index (κ3) is 3.52. The van der Waals surface area contributed by atoms with Crippen LogP contribution < -0.4 is 20.1 Å². The van der Waals surface area contributed by atoms with Crippen LogP contribution in [0.1, 0.15) is 0 Å². The number of H-pyrrole nitrogens is 1. The van der Waals surface area contributed by atoms with Crippen LogP contribution in [-0.2, 0) is 9.59 Å². The third-order valence-electron chi connectivity index (χ3n) is 3.55. The van der Waals surface area contributed by atoms with Gasteiger partial charge >= 0.3 is 11.8 Å². The van der Waals surface area contributed by atoms with Gasteiger partial charge in [0.15, 0.2) is 11.5 Å². The average molecular weight is 340 g/mol. The summed E-state index contributed by atoms with van der Waals surface area (Å²) in [4.78, 5) is 24.1. The number of ether oxygens (including phenoxy) is 2. The molecular weight excluding hydrogens is 324 g/mol. The lowest BCUT2D eigenvalue weighted by molar-refractivity contribution is -0.132. The SMILES string of the molecule is COc1ccc(NC(=O)C(=O)Nc2ccc3cn[nH]c3c2)cc1OC. The molecule has 0 spiro atoms. The van der Waals surface area contributed by atoms with Crippen molar-refractivity contribution in [3.05, 3.63) is 42.6 Å². The molecule has 0 saturated heterocycles. The number of anilines is 2. The molecule has 8 nitrogen and oxygen atoms in total. The highest BCUT2D eigenvalue weighted by Crippen LogP contribution is 2.29. The Morgan fingerprint density at radius 3 is 2.24 bits per heavy atom. The Labute approximate surface area is 143 Å². The highest BCUT2D eigenvalue weighted by molar-refractivity contribution is 6.43. The number of carbonyl (C=O) groups excluding carboxylic acids is 2. The average Bonchev–Trinajstić information content (AvgIpc) is 3.09. The van der Waals surface area contributed by atoms with E-state index in [2.05, 4.69) is 20.8 Å². The molecule has 1 heterocycles. The Hall–Kier alpha value is -3.55. The van der Waals surface area contributed by atoms with Gasteiger partial charge in [-0.3, -0.25) is 14.7 Å². The maximum atomic E-state index is 12.1. The highest BCUT2D eigenvalue weighted by atomic mass is 16.5. The summed E-state index contributed by atoms with van der Waals surface area (Å²) in [5.41, 5.74) is 1.67. The van der Waals surface area contributed by atoms with Gasteiger partial charge in [-0.2, -0.15) is 5.10 Å². The molecule has 1 aromatic heterocycles. The molecule has 0 bridgehead atoms. The Balaban J connectivity index is 1.69. The number of hydrogen-bond donors (Lipinski definition) is 3. The van der Waals surface area contributed by atoms with Crippen LogP contribution in [-0.4, -0.2) is 36.2 Å². The summed E-state index contributed by atoms with van der Waals surface area (Å²) in [7, 11) is 3.00. The normalized spacial score (nSPS) is 10.3. The zero-order valence-corrected chi connectivity index (χ0v) is 13.6. The monoisotopic (exact) mass is 340 g/mol. The van der Waals surface area contributed by atoms with E-state index in [-0.39, 0.29) is 0 Å². The number of aromatic nitrogens is 2. The molecule has 25 heavy (non-hydrogen) atoms. The number of amides is 2. The number of benzene rings is 2. The molecule has 0 radical (unpaired) electrons. The fourth-order valence-corrected chi connectivity index (χ4v) is 2.30. The first kappa shape index (κ1) is 16.3. The molecule has 0 aliphatic rings. The number of fused-ring (bicyclic) bond motifs is 1. The predicted octanol–water partition coefficient (Wildman–Crippen LogP) is 2.16. The predicted molar refractivity (Wildman–Crippen MR) is 92.9 cm³/mol. The first-order valence-corrected chi connectivity index (χ1v) is 7.38. The molecule has 0 fully saturated rings. The van der Waals surface area contributed by atoms with Crippen LogP contribution in [0.3, 0.4) is 0 Å². The highest BCUT2D eigenvalue weighted by Gasteiger charge is 2.15. The number of carbonyl (C=O) groups is 2. The maximum Gasteiger partial charge on any atom is 0.314 e. The number of nitrogens with one attached hydrogen (secondary N) is 3. The number of rotatable bonds is 4. The second-order valence-electron chi connectivity index (χ2n) is 5.15. The Morgan fingerprint density at radius 2 is 1.56 bits per heavy atom. The quantitative estimate of drug-likeness (QED) is 0.631. The maximum absolute atomic E-state index is 12.1. The van der Waals surface area contributed by atoms with Crippen molar-refractivity contribution in [3.8, 4) is 11.5 Å². The topological polar surface area (TPSA) is 105 Å². The van der Waals surface area contributed by atoms with Crippen LogP contribution in [0.15, 0.2) is 42.6 Å². The largest absolute Gasteiger partial charge is 0.493 e. The lowest BCUT2D eigenvalue weighted by atomic mass is 10.2. The van der Waals surface area contributed by atoms with Gasteiger partial charge in [0, 0.05) is 22.8 Å². The van der Waals surface area contributed by atoms with Crippen molar-refractivity contribution in [1.82, 2.24) is 10.2 Å². The summed E-state index contributed by atoms with van der Waals surface area (Å²) in [5, 5.41) is 12.7. The first-order valence-electron chi connectivity index (χ1n) is 7.38. The van der Waals surface area contributed by atoms with Gasteiger partial charge in [-0.15, -0.1) is 0 Å². The minimum absolute atomic E-state index is 0.418. The van der Waals surface area contributed by atoms with Gasteiger partial charge < -0.3 is 20.1 Å². The first-order chi connectivity index (χ1) is 12.1. The zero-order chi connectivity index (χ0) is 17.8. The van der Waals surface area contributed by atoms with Crippen molar-refractivity contribution >= 4 is 34.1 Å². The van der Waals surface area contributed by atoms with E-state index in [1.165, 1.54) is 14.2 Å². The van der Waals surface area contributed by atoms with Crippen molar-refractivity contribution in [2.24, 2.45) is 0 Å². The van der Waals surface area contributed by atoms with E-state index in [4.69, 9.17) is 9.47 Å². The molecule has 8 heteroatoms. The minimum atomic E-state index is -0.795. The van der Waals surface area contributed by atoms with Crippen LogP contribution >= 0.6 is 0 Å². The molecular formula is C17H16N4O4. The van der Waals surface area contributed by atoms with Crippen LogP contribution in [0.2, 0.25) is 0 Å². The van der Waals surface area contributed by atoms with Crippen molar-refractivity contribution < 1.29 is 19.1 Å². The van der Waals surface area contributed by atoms with Gasteiger partial charge in [0.05, 0.1) is 25.9 Å². The summed E-state index contributed by atoms with van der Waals surface area (Å²) >= 11 is 0. The number of hydrogen-bond acceptors (Lipinski definition) is 5. The van der Waals surface area contributed by atoms with E-state index in [9.17, 15) is 9.59 Å². The van der Waals surface area contributed by atoms with Crippen molar-refractivity contribution in [1.29, 1.82) is 0 Å².